The van der Waals surface area contributed by atoms with Gasteiger partial charge < -0.3 is 9.84 Å². The van der Waals surface area contributed by atoms with Crippen molar-refractivity contribution in [2.45, 2.75) is 48.9 Å². The topological polar surface area (TPSA) is 98.5 Å². The van der Waals surface area contributed by atoms with Gasteiger partial charge in [0, 0.05) is 16.5 Å². The summed E-state index contributed by atoms with van der Waals surface area (Å²) < 4.78 is 34.1. The third-order valence-electron chi connectivity index (χ3n) is 5.25. The third-order valence-corrected chi connectivity index (χ3v) is 7.57. The van der Waals surface area contributed by atoms with Gasteiger partial charge in [-0.15, -0.1) is 0 Å². The molecule has 1 aromatic heterocycles. The molecule has 0 aliphatic carbocycles. The molecule has 0 radical (unpaired) electrons. The summed E-state index contributed by atoms with van der Waals surface area (Å²) in [5.74, 6) is 0.105. The number of benzene rings is 2. The van der Waals surface area contributed by atoms with Crippen molar-refractivity contribution in [3.05, 3.63) is 74.7 Å². The molecule has 0 spiro atoms. The number of rotatable bonds is 8. The Morgan fingerprint density at radius 3 is 2.44 bits per heavy atom. The number of methoxy groups -OCH3 is 1. The zero-order chi connectivity index (χ0) is 23.5. The van der Waals surface area contributed by atoms with Gasteiger partial charge in [-0.05, 0) is 43.7 Å². The molecule has 1 atom stereocenters. The molecule has 0 aliphatic rings. The second kappa shape index (κ2) is 9.87. The summed E-state index contributed by atoms with van der Waals surface area (Å²) in [4.78, 5) is 16.9. The van der Waals surface area contributed by atoms with Crippen LogP contribution in [0.5, 0.6) is 11.6 Å². The molecular formula is C23H25BrN2O5S. The number of halogens is 1. The van der Waals surface area contributed by atoms with E-state index in [2.05, 4.69) is 20.9 Å². The lowest BCUT2D eigenvalue weighted by Crippen LogP contribution is -2.33. The lowest BCUT2D eigenvalue weighted by Gasteiger charge is -2.22. The largest absolute Gasteiger partial charge is 0.496 e. The fraction of sp³-hybridized carbons (Fsp3) is 0.304. The Hall–Kier alpha value is -2.65. The lowest BCUT2D eigenvalue weighted by atomic mass is 10.1. The molecule has 9 heteroatoms. The average Bonchev–Trinajstić information content (AvgIpc) is 2.77. The van der Waals surface area contributed by atoms with Gasteiger partial charge in [-0.1, -0.05) is 47.5 Å². The molecule has 1 unspecified atom stereocenters. The minimum absolute atomic E-state index is 0.104. The molecule has 0 saturated carbocycles. The van der Waals surface area contributed by atoms with Crippen LogP contribution in [0.3, 0.4) is 0 Å². The summed E-state index contributed by atoms with van der Waals surface area (Å²) in [6, 6.07) is 12.5. The van der Waals surface area contributed by atoms with Crippen LogP contribution in [-0.2, 0) is 16.3 Å². The zero-order valence-electron chi connectivity index (χ0n) is 18.1. The zero-order valence-corrected chi connectivity index (χ0v) is 20.5. The van der Waals surface area contributed by atoms with Crippen LogP contribution in [0.4, 0.5) is 0 Å². The number of aryl methyl sites for hydroxylation is 1. The molecule has 0 saturated heterocycles. The van der Waals surface area contributed by atoms with E-state index in [-0.39, 0.29) is 4.90 Å². The molecule has 0 aliphatic heterocycles. The van der Waals surface area contributed by atoms with E-state index in [9.17, 15) is 18.3 Å². The SMILES string of the molecule is CCCCc1nc(O)c(S(=O)(=O)c2ccc(Br)cc2)c(=O)n1C(C)c1ccccc1OC. The van der Waals surface area contributed by atoms with Crippen molar-refractivity contribution in [1.82, 2.24) is 9.55 Å². The molecule has 3 aromatic rings. The van der Waals surface area contributed by atoms with Crippen LogP contribution in [0, 0.1) is 0 Å². The molecule has 7 nitrogen and oxygen atoms in total. The Balaban J connectivity index is 2.28. The number of sulfone groups is 1. The molecule has 1 N–H and O–H groups in total. The highest BCUT2D eigenvalue weighted by Crippen LogP contribution is 2.31. The molecule has 1 heterocycles. The van der Waals surface area contributed by atoms with E-state index < -0.39 is 32.2 Å². The predicted molar refractivity (Wildman–Crippen MR) is 125 cm³/mol. The first-order valence-electron chi connectivity index (χ1n) is 10.2. The number of unbranched alkanes of at least 4 members (excludes halogenated alkanes) is 1. The van der Waals surface area contributed by atoms with Crippen LogP contribution in [0.1, 0.15) is 44.1 Å². The van der Waals surface area contributed by atoms with E-state index in [1.165, 1.54) is 23.8 Å². The van der Waals surface area contributed by atoms with E-state index >= 15 is 0 Å². The maximum absolute atomic E-state index is 13.6. The summed E-state index contributed by atoms with van der Waals surface area (Å²) >= 11 is 3.27. The highest BCUT2D eigenvalue weighted by molar-refractivity contribution is 9.10. The van der Waals surface area contributed by atoms with E-state index in [1.54, 1.807) is 25.1 Å². The first kappa shape index (κ1) is 24.0. The van der Waals surface area contributed by atoms with Crippen LogP contribution in [0.2, 0.25) is 0 Å². The fourth-order valence-corrected chi connectivity index (χ4v) is 5.19. The first-order valence-corrected chi connectivity index (χ1v) is 12.5. The molecule has 0 amide bonds. The maximum atomic E-state index is 13.6. The van der Waals surface area contributed by atoms with E-state index in [1.807, 2.05) is 25.1 Å². The summed E-state index contributed by atoms with van der Waals surface area (Å²) in [5, 5.41) is 10.6. The number of ether oxygens (including phenoxy) is 1. The van der Waals surface area contributed by atoms with Gasteiger partial charge in [-0.25, -0.2) is 8.42 Å². The van der Waals surface area contributed by atoms with Gasteiger partial charge in [-0.2, -0.15) is 4.98 Å². The Labute approximate surface area is 195 Å². The van der Waals surface area contributed by atoms with E-state index in [0.717, 1.165) is 12.8 Å². The average molecular weight is 521 g/mol. The predicted octanol–water partition coefficient (Wildman–Crippen LogP) is 4.50. The second-order valence-corrected chi connectivity index (χ2v) is 10.1. The van der Waals surface area contributed by atoms with Gasteiger partial charge >= 0.3 is 0 Å². The number of aromatic nitrogens is 2. The van der Waals surface area contributed by atoms with Crippen LogP contribution in [-0.4, -0.2) is 30.2 Å². The van der Waals surface area contributed by atoms with Gasteiger partial charge in [0.25, 0.3) is 5.56 Å². The Kier molecular flexibility index (Phi) is 7.40. The summed E-state index contributed by atoms with van der Waals surface area (Å²) in [7, 11) is -2.77. The first-order chi connectivity index (χ1) is 15.2. The maximum Gasteiger partial charge on any atom is 0.277 e. The molecular weight excluding hydrogens is 496 g/mol. The fourth-order valence-electron chi connectivity index (χ4n) is 3.58. The van der Waals surface area contributed by atoms with Crippen LogP contribution >= 0.6 is 15.9 Å². The summed E-state index contributed by atoms with van der Waals surface area (Å²) in [6.07, 6.45) is 1.99. The van der Waals surface area contributed by atoms with Gasteiger partial charge in [0.05, 0.1) is 18.0 Å². The monoisotopic (exact) mass is 520 g/mol. The van der Waals surface area contributed by atoms with Gasteiger partial charge in [-0.3, -0.25) is 9.36 Å². The molecule has 170 valence electrons. The third kappa shape index (κ3) is 4.59. The van der Waals surface area contributed by atoms with Crippen molar-refractivity contribution in [1.29, 1.82) is 0 Å². The van der Waals surface area contributed by atoms with Crippen molar-refractivity contribution < 1.29 is 18.3 Å². The number of hydrogen-bond acceptors (Lipinski definition) is 6. The number of aromatic hydroxyl groups is 1. The minimum atomic E-state index is -4.31. The lowest BCUT2D eigenvalue weighted by molar-refractivity contribution is 0.394. The summed E-state index contributed by atoms with van der Waals surface area (Å²) in [6.45, 7) is 3.78. The number of nitrogens with zero attached hydrogens (tertiary/aromatic N) is 2. The second-order valence-electron chi connectivity index (χ2n) is 7.33. The van der Waals surface area contributed by atoms with Gasteiger partial charge in [0.1, 0.15) is 11.6 Å². The Morgan fingerprint density at radius 1 is 1.16 bits per heavy atom. The minimum Gasteiger partial charge on any atom is -0.496 e. The van der Waals surface area contributed by atoms with E-state index in [0.29, 0.717) is 28.0 Å². The van der Waals surface area contributed by atoms with Crippen LogP contribution < -0.4 is 10.3 Å². The molecule has 0 bridgehead atoms. The number of hydrogen-bond donors (Lipinski definition) is 1. The van der Waals surface area contributed by atoms with Crippen molar-refractivity contribution in [2.75, 3.05) is 7.11 Å². The number of para-hydroxylation sites is 1. The smallest absolute Gasteiger partial charge is 0.277 e. The quantitative estimate of drug-likeness (QED) is 0.469. The van der Waals surface area contributed by atoms with Crippen molar-refractivity contribution >= 4 is 25.8 Å². The van der Waals surface area contributed by atoms with Crippen molar-refractivity contribution in [3.8, 4) is 11.6 Å². The molecule has 32 heavy (non-hydrogen) atoms. The van der Waals surface area contributed by atoms with E-state index in [4.69, 9.17) is 4.74 Å². The van der Waals surface area contributed by atoms with Crippen LogP contribution in [0.25, 0.3) is 0 Å². The highest BCUT2D eigenvalue weighted by atomic mass is 79.9. The summed E-state index contributed by atoms with van der Waals surface area (Å²) in [5.41, 5.74) is -0.112. The molecule has 3 rings (SSSR count). The highest BCUT2D eigenvalue weighted by Gasteiger charge is 2.31. The Bertz CT molecular complexity index is 1270. The van der Waals surface area contributed by atoms with Gasteiger partial charge in [0.15, 0.2) is 4.90 Å². The molecule has 0 fully saturated rings. The standard InChI is InChI=1S/C23H25BrN2O5S/c1-4-5-10-20-25-22(27)21(32(29,30)17-13-11-16(24)12-14-17)23(28)26(20)15(2)18-8-6-7-9-19(18)31-3/h6-9,11-15,27H,4-5,10H2,1-3H3. The van der Waals surface area contributed by atoms with Gasteiger partial charge in [0.2, 0.25) is 15.7 Å². The normalized spacial score (nSPS) is 12.5. The molecule has 2 aromatic carbocycles. The van der Waals surface area contributed by atoms with Crippen LogP contribution in [0.15, 0.2) is 67.6 Å². The Morgan fingerprint density at radius 2 is 1.81 bits per heavy atom. The van der Waals surface area contributed by atoms with Crippen molar-refractivity contribution in [2.24, 2.45) is 0 Å². The van der Waals surface area contributed by atoms with Crippen molar-refractivity contribution in [3.63, 3.8) is 0 Å².